The predicted molar refractivity (Wildman–Crippen MR) is 111 cm³/mol. The molecule has 2 saturated heterocycles. The second-order valence-electron chi connectivity index (χ2n) is 8.10. The molecule has 28 heavy (non-hydrogen) atoms. The van der Waals surface area contributed by atoms with Gasteiger partial charge in [0.2, 0.25) is 5.91 Å². The van der Waals surface area contributed by atoms with Crippen LogP contribution in [0, 0.1) is 11.8 Å². The minimum absolute atomic E-state index is 0.198. The first-order valence-corrected chi connectivity index (χ1v) is 10.4. The SMILES string of the molecule is CC(=O)N1C[C@H]2CN(CCCOCc3ccccc3)C[C@H]2[C@@H]1c1ccccc1. The highest BCUT2D eigenvalue weighted by atomic mass is 16.5. The molecule has 2 aliphatic heterocycles. The van der Waals surface area contributed by atoms with Crippen molar-refractivity contribution in [1.29, 1.82) is 0 Å². The molecule has 2 aliphatic rings. The van der Waals surface area contributed by atoms with Crippen LogP contribution in [0.3, 0.4) is 0 Å². The molecule has 1 amide bonds. The van der Waals surface area contributed by atoms with Crippen molar-refractivity contribution in [2.45, 2.75) is 26.0 Å². The molecule has 4 heteroatoms. The van der Waals surface area contributed by atoms with E-state index in [0.29, 0.717) is 18.4 Å². The van der Waals surface area contributed by atoms with Crippen molar-refractivity contribution in [2.24, 2.45) is 11.8 Å². The van der Waals surface area contributed by atoms with Gasteiger partial charge in [0.15, 0.2) is 0 Å². The summed E-state index contributed by atoms with van der Waals surface area (Å²) < 4.78 is 5.83. The topological polar surface area (TPSA) is 32.8 Å². The number of carbonyl (C=O) groups is 1. The second-order valence-corrected chi connectivity index (χ2v) is 8.10. The third-order valence-electron chi connectivity index (χ3n) is 6.16. The molecule has 4 nitrogen and oxygen atoms in total. The Morgan fingerprint density at radius 3 is 2.43 bits per heavy atom. The quantitative estimate of drug-likeness (QED) is 0.688. The lowest BCUT2D eigenvalue weighted by Gasteiger charge is -2.29. The lowest BCUT2D eigenvalue weighted by atomic mass is 9.89. The average molecular weight is 379 g/mol. The van der Waals surface area contributed by atoms with Crippen LogP contribution >= 0.6 is 0 Å². The van der Waals surface area contributed by atoms with E-state index in [1.54, 1.807) is 6.92 Å². The maximum atomic E-state index is 12.2. The molecule has 4 rings (SSSR count). The van der Waals surface area contributed by atoms with Gasteiger partial charge in [0, 0.05) is 45.6 Å². The Morgan fingerprint density at radius 2 is 1.71 bits per heavy atom. The number of likely N-dealkylation sites (tertiary alicyclic amines) is 2. The predicted octanol–water partition coefficient (Wildman–Crippen LogP) is 3.74. The number of ether oxygens (including phenoxy) is 1. The summed E-state index contributed by atoms with van der Waals surface area (Å²) in [6.07, 6.45) is 1.05. The van der Waals surface area contributed by atoms with Gasteiger partial charge in [-0.05, 0) is 23.5 Å². The van der Waals surface area contributed by atoms with Gasteiger partial charge in [0.25, 0.3) is 0 Å². The fraction of sp³-hybridized carbons (Fsp3) is 0.458. The number of amides is 1. The molecule has 0 bridgehead atoms. The van der Waals surface area contributed by atoms with Crippen molar-refractivity contribution in [3.8, 4) is 0 Å². The molecule has 2 aromatic rings. The van der Waals surface area contributed by atoms with E-state index in [9.17, 15) is 4.79 Å². The summed E-state index contributed by atoms with van der Waals surface area (Å²) in [5.74, 6) is 1.32. The zero-order valence-corrected chi connectivity index (χ0v) is 16.7. The van der Waals surface area contributed by atoms with E-state index in [4.69, 9.17) is 4.74 Å². The number of fused-ring (bicyclic) bond motifs is 1. The van der Waals surface area contributed by atoms with Crippen molar-refractivity contribution in [3.05, 3.63) is 71.8 Å². The van der Waals surface area contributed by atoms with Crippen molar-refractivity contribution >= 4 is 5.91 Å². The van der Waals surface area contributed by atoms with E-state index in [2.05, 4.69) is 58.3 Å². The number of hydrogen-bond acceptors (Lipinski definition) is 3. The van der Waals surface area contributed by atoms with Crippen molar-refractivity contribution < 1.29 is 9.53 Å². The Hall–Kier alpha value is -2.17. The minimum atomic E-state index is 0.198. The molecule has 0 saturated carbocycles. The Morgan fingerprint density at radius 1 is 1.00 bits per heavy atom. The third-order valence-corrected chi connectivity index (χ3v) is 6.16. The van der Waals surface area contributed by atoms with E-state index in [0.717, 1.165) is 39.2 Å². The number of carbonyl (C=O) groups excluding carboxylic acids is 1. The Kier molecular flexibility index (Phi) is 6.08. The van der Waals surface area contributed by atoms with Crippen LogP contribution < -0.4 is 0 Å². The Balaban J connectivity index is 1.28. The first kappa shape index (κ1) is 19.2. The van der Waals surface area contributed by atoms with Crippen LogP contribution in [0.15, 0.2) is 60.7 Å². The zero-order chi connectivity index (χ0) is 19.3. The van der Waals surface area contributed by atoms with Crippen LogP contribution in [0.4, 0.5) is 0 Å². The van der Waals surface area contributed by atoms with Crippen LogP contribution in [-0.2, 0) is 16.1 Å². The van der Waals surface area contributed by atoms with E-state index in [1.165, 1.54) is 11.1 Å². The molecule has 2 heterocycles. The zero-order valence-electron chi connectivity index (χ0n) is 16.7. The number of benzene rings is 2. The molecule has 3 atom stereocenters. The van der Waals surface area contributed by atoms with Crippen LogP contribution in [-0.4, -0.2) is 48.5 Å². The molecular weight excluding hydrogens is 348 g/mol. The Labute approximate surface area is 168 Å². The van der Waals surface area contributed by atoms with Crippen LogP contribution in [0.1, 0.15) is 30.5 Å². The van der Waals surface area contributed by atoms with Gasteiger partial charge >= 0.3 is 0 Å². The summed E-state index contributed by atoms with van der Waals surface area (Å²) >= 11 is 0. The summed E-state index contributed by atoms with van der Waals surface area (Å²) in [5.41, 5.74) is 2.51. The molecule has 2 aromatic carbocycles. The summed E-state index contributed by atoms with van der Waals surface area (Å²) in [7, 11) is 0. The fourth-order valence-corrected chi connectivity index (χ4v) is 4.88. The summed E-state index contributed by atoms with van der Waals surface area (Å²) in [6.45, 7) is 7.32. The fourth-order valence-electron chi connectivity index (χ4n) is 4.88. The molecule has 0 aliphatic carbocycles. The van der Waals surface area contributed by atoms with Crippen LogP contribution in [0.2, 0.25) is 0 Å². The smallest absolute Gasteiger partial charge is 0.219 e. The molecule has 148 valence electrons. The molecule has 0 unspecified atom stereocenters. The van der Waals surface area contributed by atoms with Crippen LogP contribution in [0.25, 0.3) is 0 Å². The van der Waals surface area contributed by atoms with Crippen molar-refractivity contribution in [2.75, 3.05) is 32.8 Å². The number of rotatable bonds is 7. The molecule has 2 fully saturated rings. The molecule has 0 spiro atoms. The Bertz CT molecular complexity index is 765. The monoisotopic (exact) mass is 378 g/mol. The van der Waals surface area contributed by atoms with Gasteiger partial charge in [-0.1, -0.05) is 60.7 Å². The van der Waals surface area contributed by atoms with Gasteiger partial charge in [-0.15, -0.1) is 0 Å². The van der Waals surface area contributed by atoms with E-state index < -0.39 is 0 Å². The summed E-state index contributed by atoms with van der Waals surface area (Å²) in [4.78, 5) is 16.9. The summed E-state index contributed by atoms with van der Waals surface area (Å²) in [5, 5.41) is 0. The van der Waals surface area contributed by atoms with Crippen molar-refractivity contribution in [3.63, 3.8) is 0 Å². The summed E-state index contributed by atoms with van der Waals surface area (Å²) in [6, 6.07) is 21.1. The molecule has 0 radical (unpaired) electrons. The van der Waals surface area contributed by atoms with Crippen molar-refractivity contribution in [1.82, 2.24) is 9.80 Å². The molecule has 0 N–H and O–H groups in total. The molecular formula is C24H30N2O2. The normalized spacial score (nSPS) is 24.5. The van der Waals surface area contributed by atoms with Gasteiger partial charge in [-0.3, -0.25) is 4.79 Å². The standard InChI is InChI=1S/C24H30N2O2/c1-19(27)26-16-22-15-25(13-8-14-28-18-20-9-4-2-5-10-20)17-23(22)24(26)21-11-6-3-7-12-21/h2-7,9-12,22-24H,8,13-18H2,1H3/t22-,23-,24+/m1/s1. The largest absolute Gasteiger partial charge is 0.377 e. The highest BCUT2D eigenvalue weighted by molar-refractivity contribution is 5.74. The maximum Gasteiger partial charge on any atom is 0.219 e. The highest BCUT2D eigenvalue weighted by Crippen LogP contribution is 2.44. The number of hydrogen-bond donors (Lipinski definition) is 0. The lowest BCUT2D eigenvalue weighted by Crippen LogP contribution is -2.34. The van der Waals surface area contributed by atoms with E-state index in [1.807, 2.05) is 12.1 Å². The first-order valence-electron chi connectivity index (χ1n) is 10.4. The highest BCUT2D eigenvalue weighted by Gasteiger charge is 2.48. The van der Waals surface area contributed by atoms with Gasteiger partial charge in [-0.25, -0.2) is 0 Å². The minimum Gasteiger partial charge on any atom is -0.377 e. The first-order chi connectivity index (χ1) is 13.7. The second kappa shape index (κ2) is 8.89. The van der Waals surface area contributed by atoms with Gasteiger partial charge in [0.1, 0.15) is 0 Å². The van der Waals surface area contributed by atoms with Gasteiger partial charge < -0.3 is 14.5 Å². The molecule has 0 aromatic heterocycles. The van der Waals surface area contributed by atoms with Gasteiger partial charge in [0.05, 0.1) is 12.6 Å². The van der Waals surface area contributed by atoms with E-state index >= 15 is 0 Å². The maximum absolute atomic E-state index is 12.2. The average Bonchev–Trinajstić information content (AvgIpc) is 3.26. The third kappa shape index (κ3) is 4.29. The van der Waals surface area contributed by atoms with E-state index in [-0.39, 0.29) is 11.9 Å². The van der Waals surface area contributed by atoms with Gasteiger partial charge in [-0.2, -0.15) is 0 Å². The van der Waals surface area contributed by atoms with Crippen LogP contribution in [0.5, 0.6) is 0 Å². The number of nitrogens with zero attached hydrogens (tertiary/aromatic N) is 2. The lowest BCUT2D eigenvalue weighted by molar-refractivity contribution is -0.130.